The Hall–Kier alpha value is -2.72. The second-order valence-electron chi connectivity index (χ2n) is 5.05. The molecule has 10 heteroatoms. The summed E-state index contributed by atoms with van der Waals surface area (Å²) in [6, 6.07) is 6.10. The third-order valence-corrected chi connectivity index (χ3v) is 3.17. The molecule has 1 atom stereocenters. The fourth-order valence-corrected chi connectivity index (χ4v) is 1.97. The molecule has 3 N–H and O–H groups in total. The normalized spacial score (nSPS) is 15.8. The van der Waals surface area contributed by atoms with Crippen LogP contribution in [0.1, 0.15) is 12.8 Å². The van der Waals surface area contributed by atoms with Crippen molar-refractivity contribution in [3.8, 4) is 5.75 Å². The number of nitrogens with zero attached hydrogens (tertiary/aromatic N) is 1. The summed E-state index contributed by atoms with van der Waals surface area (Å²) in [5, 5.41) is 28.5. The topological polar surface area (TPSA) is 148 Å². The first-order valence-corrected chi connectivity index (χ1v) is 7.56. The number of carboxylic acids is 2. The van der Waals surface area contributed by atoms with Crippen LogP contribution in [0.3, 0.4) is 0 Å². The first-order valence-electron chi connectivity index (χ1n) is 7.56. The van der Waals surface area contributed by atoms with Gasteiger partial charge in [-0.2, -0.15) is 0 Å². The monoisotopic (exact) mass is 356 g/mol. The van der Waals surface area contributed by atoms with Gasteiger partial charge in [0.05, 0.1) is 11.0 Å². The van der Waals surface area contributed by atoms with Gasteiger partial charge in [0.2, 0.25) is 0 Å². The summed E-state index contributed by atoms with van der Waals surface area (Å²) in [7, 11) is 0. The minimum absolute atomic E-state index is 0.0730. The summed E-state index contributed by atoms with van der Waals surface area (Å²) >= 11 is 0. The minimum atomic E-state index is -1.82. The van der Waals surface area contributed by atoms with Crippen molar-refractivity contribution >= 4 is 17.6 Å². The molecule has 0 bridgehead atoms. The van der Waals surface area contributed by atoms with Gasteiger partial charge in [-0.25, -0.2) is 9.59 Å². The van der Waals surface area contributed by atoms with Crippen LogP contribution < -0.4 is 10.1 Å². The first kappa shape index (κ1) is 20.3. The molecule has 1 aliphatic rings. The van der Waals surface area contributed by atoms with Crippen LogP contribution in [0.2, 0.25) is 0 Å². The van der Waals surface area contributed by atoms with Crippen LogP contribution >= 0.6 is 0 Å². The smallest absolute Gasteiger partial charge is 0.414 e. The molecule has 0 aromatic heterocycles. The van der Waals surface area contributed by atoms with E-state index < -0.39 is 16.9 Å². The molecule has 1 aromatic rings. The maximum atomic E-state index is 10.5. The van der Waals surface area contributed by atoms with E-state index in [0.717, 1.165) is 32.5 Å². The van der Waals surface area contributed by atoms with Gasteiger partial charge in [0.25, 0.3) is 5.69 Å². The van der Waals surface area contributed by atoms with Crippen LogP contribution in [0, 0.1) is 10.1 Å². The van der Waals surface area contributed by atoms with Gasteiger partial charge in [-0.05, 0) is 25.0 Å². The number of nitro benzene ring substituents is 1. The lowest BCUT2D eigenvalue weighted by atomic mass is 10.2. The molecule has 1 unspecified atom stereocenters. The molecule has 25 heavy (non-hydrogen) atoms. The highest BCUT2D eigenvalue weighted by Gasteiger charge is 2.14. The molecule has 0 amide bonds. The van der Waals surface area contributed by atoms with Gasteiger partial charge in [-0.3, -0.25) is 10.1 Å². The van der Waals surface area contributed by atoms with Crippen molar-refractivity contribution in [2.75, 3.05) is 26.3 Å². The Bertz CT molecular complexity index is 557. The van der Waals surface area contributed by atoms with Crippen LogP contribution in [0.4, 0.5) is 5.69 Å². The molecule has 1 aliphatic heterocycles. The molecule has 0 saturated carbocycles. The Balaban J connectivity index is 0.000000450. The highest BCUT2D eigenvalue weighted by atomic mass is 16.6. The highest BCUT2D eigenvalue weighted by Crippen LogP contribution is 2.17. The number of nitro groups is 1. The van der Waals surface area contributed by atoms with Crippen LogP contribution in [0.15, 0.2) is 24.3 Å². The fraction of sp³-hybridized carbons (Fsp3) is 0.467. The van der Waals surface area contributed by atoms with E-state index in [4.69, 9.17) is 29.3 Å². The zero-order valence-electron chi connectivity index (χ0n) is 13.4. The lowest BCUT2D eigenvalue weighted by Gasteiger charge is -2.11. The molecule has 1 fully saturated rings. The standard InChI is InChI=1S/C13H18N2O4.C2H2O4/c16-15(17)11-3-5-12(6-4-11)19-9-7-14-10-13-2-1-8-18-13;3-1(4)2(5)6/h3-6,13-14H,1-2,7-10H2;(H,3,4)(H,5,6). The van der Waals surface area contributed by atoms with Gasteiger partial charge < -0.3 is 25.0 Å². The van der Waals surface area contributed by atoms with Gasteiger partial charge in [0.15, 0.2) is 0 Å². The number of benzene rings is 1. The van der Waals surface area contributed by atoms with Crippen LogP contribution in [0.25, 0.3) is 0 Å². The number of hydrogen-bond acceptors (Lipinski definition) is 7. The Labute approximate surface area is 143 Å². The molecule has 0 aliphatic carbocycles. The van der Waals surface area contributed by atoms with Gasteiger partial charge in [-0.1, -0.05) is 0 Å². The van der Waals surface area contributed by atoms with Crippen molar-refractivity contribution in [3.63, 3.8) is 0 Å². The minimum Gasteiger partial charge on any atom is -0.492 e. The van der Waals surface area contributed by atoms with E-state index in [2.05, 4.69) is 5.32 Å². The lowest BCUT2D eigenvalue weighted by Crippen LogP contribution is -2.29. The van der Waals surface area contributed by atoms with E-state index in [9.17, 15) is 10.1 Å². The third-order valence-electron chi connectivity index (χ3n) is 3.17. The second kappa shape index (κ2) is 10.9. The quantitative estimate of drug-likeness (QED) is 0.280. The molecule has 2 rings (SSSR count). The molecule has 10 nitrogen and oxygen atoms in total. The predicted octanol–water partition coefficient (Wildman–Crippen LogP) is 0.898. The summed E-state index contributed by atoms with van der Waals surface area (Å²) < 4.78 is 11.0. The van der Waals surface area contributed by atoms with Gasteiger partial charge in [-0.15, -0.1) is 0 Å². The third kappa shape index (κ3) is 8.63. The van der Waals surface area contributed by atoms with Crippen molar-refractivity contribution in [1.29, 1.82) is 0 Å². The number of non-ortho nitro benzene ring substituents is 1. The summed E-state index contributed by atoms with van der Waals surface area (Å²) in [5.74, 6) is -3.01. The molecule has 1 heterocycles. The van der Waals surface area contributed by atoms with E-state index >= 15 is 0 Å². The molecular weight excluding hydrogens is 336 g/mol. The van der Waals surface area contributed by atoms with Crippen molar-refractivity contribution in [3.05, 3.63) is 34.4 Å². The Morgan fingerprint density at radius 1 is 1.28 bits per heavy atom. The van der Waals surface area contributed by atoms with E-state index in [0.29, 0.717) is 18.5 Å². The van der Waals surface area contributed by atoms with E-state index in [-0.39, 0.29) is 5.69 Å². The maximum Gasteiger partial charge on any atom is 0.414 e. The average molecular weight is 356 g/mol. The molecule has 0 radical (unpaired) electrons. The van der Waals surface area contributed by atoms with Crippen LogP contribution in [-0.2, 0) is 14.3 Å². The molecule has 138 valence electrons. The molecule has 1 saturated heterocycles. The van der Waals surface area contributed by atoms with Gasteiger partial charge in [0, 0.05) is 31.8 Å². The number of ether oxygens (including phenoxy) is 2. The predicted molar refractivity (Wildman–Crippen MR) is 85.7 cm³/mol. The number of carbonyl (C=O) groups is 2. The summed E-state index contributed by atoms with van der Waals surface area (Å²) in [5.41, 5.74) is 0.0730. The Morgan fingerprint density at radius 2 is 1.92 bits per heavy atom. The Kier molecular flexibility index (Phi) is 8.90. The number of carboxylic acid groups (broad SMARTS) is 2. The van der Waals surface area contributed by atoms with Crippen molar-refractivity contribution in [1.82, 2.24) is 5.32 Å². The SMILES string of the molecule is O=C(O)C(=O)O.O=[N+]([O-])c1ccc(OCCNCC2CCCO2)cc1. The molecular formula is C15H20N2O8. The summed E-state index contributed by atoms with van der Waals surface area (Å²) in [6.45, 7) is 2.98. The largest absolute Gasteiger partial charge is 0.492 e. The zero-order valence-corrected chi connectivity index (χ0v) is 13.4. The van der Waals surface area contributed by atoms with E-state index in [1.54, 1.807) is 12.1 Å². The molecule has 0 spiro atoms. The number of rotatable bonds is 7. The first-order chi connectivity index (χ1) is 11.9. The van der Waals surface area contributed by atoms with Crippen LogP contribution in [0.5, 0.6) is 5.75 Å². The average Bonchev–Trinajstić information content (AvgIpc) is 3.09. The lowest BCUT2D eigenvalue weighted by molar-refractivity contribution is -0.384. The second-order valence-corrected chi connectivity index (χ2v) is 5.05. The van der Waals surface area contributed by atoms with Crippen LogP contribution in [-0.4, -0.2) is 59.5 Å². The van der Waals surface area contributed by atoms with Crippen molar-refractivity contribution < 1.29 is 34.2 Å². The van der Waals surface area contributed by atoms with Gasteiger partial charge in [0.1, 0.15) is 12.4 Å². The highest BCUT2D eigenvalue weighted by molar-refractivity contribution is 6.27. The number of nitrogens with one attached hydrogen (secondary N) is 1. The zero-order chi connectivity index (χ0) is 18.7. The van der Waals surface area contributed by atoms with Crippen molar-refractivity contribution in [2.24, 2.45) is 0 Å². The van der Waals surface area contributed by atoms with Gasteiger partial charge >= 0.3 is 11.9 Å². The molecule has 1 aromatic carbocycles. The summed E-state index contributed by atoms with van der Waals surface area (Å²) in [4.78, 5) is 28.3. The Morgan fingerprint density at radius 3 is 2.40 bits per heavy atom. The maximum absolute atomic E-state index is 10.5. The summed E-state index contributed by atoms with van der Waals surface area (Å²) in [6.07, 6.45) is 2.60. The van der Waals surface area contributed by atoms with E-state index in [1.165, 1.54) is 12.1 Å². The fourth-order valence-electron chi connectivity index (χ4n) is 1.97. The van der Waals surface area contributed by atoms with E-state index in [1.807, 2.05) is 0 Å². The number of aliphatic carboxylic acids is 2. The van der Waals surface area contributed by atoms with Crippen molar-refractivity contribution in [2.45, 2.75) is 18.9 Å². The number of hydrogen-bond donors (Lipinski definition) is 3.